The molecule has 2 saturated carbocycles. The van der Waals surface area contributed by atoms with Crippen LogP contribution in [0.15, 0.2) is 23.0 Å². The van der Waals surface area contributed by atoms with Crippen molar-refractivity contribution in [3.63, 3.8) is 0 Å². The molecule has 3 heteroatoms. The van der Waals surface area contributed by atoms with Crippen molar-refractivity contribution >= 4 is 5.78 Å². The molecule has 134 valence electrons. The Balaban J connectivity index is 2.14. The van der Waals surface area contributed by atoms with Crippen LogP contribution in [-0.2, 0) is 14.3 Å². The first-order valence-electron chi connectivity index (χ1n) is 9.29. The Bertz CT molecular complexity index is 584. The highest BCUT2D eigenvalue weighted by Crippen LogP contribution is 2.53. The number of carbonyl (C=O) groups excluding carboxylic acids is 1. The van der Waals surface area contributed by atoms with Gasteiger partial charge in [0.15, 0.2) is 5.78 Å². The second-order valence-corrected chi connectivity index (χ2v) is 8.80. The van der Waals surface area contributed by atoms with Crippen LogP contribution in [0, 0.1) is 29.1 Å². The summed E-state index contributed by atoms with van der Waals surface area (Å²) in [7, 11) is 3.57. The van der Waals surface area contributed by atoms with E-state index in [4.69, 9.17) is 9.47 Å². The molecule has 3 aliphatic carbocycles. The van der Waals surface area contributed by atoms with Gasteiger partial charge in [-0.15, -0.1) is 0 Å². The monoisotopic (exact) mass is 332 g/mol. The number of allylic oxidation sites excluding steroid dienone is 4. The highest BCUT2D eigenvalue weighted by atomic mass is 16.5. The molecule has 0 aromatic carbocycles. The highest BCUT2D eigenvalue weighted by molar-refractivity contribution is 5.99. The van der Waals surface area contributed by atoms with Gasteiger partial charge in [-0.1, -0.05) is 32.4 Å². The molecule has 0 saturated heterocycles. The molecule has 0 N–H and O–H groups in total. The van der Waals surface area contributed by atoms with Crippen molar-refractivity contribution in [1.82, 2.24) is 0 Å². The first-order valence-corrected chi connectivity index (χ1v) is 9.29. The van der Waals surface area contributed by atoms with E-state index in [0.717, 1.165) is 30.6 Å². The molecule has 0 radical (unpaired) electrons. The number of hydrogen-bond donors (Lipinski definition) is 0. The molecule has 0 heterocycles. The van der Waals surface area contributed by atoms with Gasteiger partial charge in [-0.3, -0.25) is 4.79 Å². The average molecular weight is 332 g/mol. The maximum Gasteiger partial charge on any atom is 0.163 e. The fraction of sp³-hybridized carbons (Fsp3) is 0.762. The maximum absolute atomic E-state index is 12.9. The van der Waals surface area contributed by atoms with Crippen molar-refractivity contribution in [2.24, 2.45) is 29.1 Å². The molecule has 0 bridgehead atoms. The van der Waals surface area contributed by atoms with Crippen LogP contribution in [0.5, 0.6) is 0 Å². The minimum Gasteiger partial charge on any atom is -0.500 e. The fourth-order valence-electron chi connectivity index (χ4n) is 5.53. The predicted octanol–water partition coefficient (Wildman–Crippen LogP) is 4.53. The molecule has 2 fully saturated rings. The van der Waals surface area contributed by atoms with Crippen LogP contribution in [-0.4, -0.2) is 26.1 Å². The van der Waals surface area contributed by atoms with Gasteiger partial charge in [-0.05, 0) is 49.4 Å². The lowest BCUT2D eigenvalue weighted by molar-refractivity contribution is -0.115. The Morgan fingerprint density at radius 2 is 1.96 bits per heavy atom. The van der Waals surface area contributed by atoms with Gasteiger partial charge in [-0.25, -0.2) is 0 Å². The Morgan fingerprint density at radius 1 is 1.25 bits per heavy atom. The smallest absolute Gasteiger partial charge is 0.163 e. The first kappa shape index (κ1) is 17.7. The summed E-state index contributed by atoms with van der Waals surface area (Å²) in [6, 6.07) is 0. The zero-order chi connectivity index (χ0) is 17.6. The van der Waals surface area contributed by atoms with Gasteiger partial charge in [0, 0.05) is 25.0 Å². The predicted molar refractivity (Wildman–Crippen MR) is 95.5 cm³/mol. The van der Waals surface area contributed by atoms with Crippen LogP contribution in [0.25, 0.3) is 0 Å². The van der Waals surface area contributed by atoms with Crippen molar-refractivity contribution in [2.45, 2.75) is 59.5 Å². The van der Waals surface area contributed by atoms with Crippen LogP contribution in [0.2, 0.25) is 0 Å². The summed E-state index contributed by atoms with van der Waals surface area (Å²) < 4.78 is 11.8. The van der Waals surface area contributed by atoms with Gasteiger partial charge in [-0.2, -0.15) is 0 Å². The van der Waals surface area contributed by atoms with E-state index in [2.05, 4.69) is 33.8 Å². The van der Waals surface area contributed by atoms with Crippen LogP contribution in [0.3, 0.4) is 0 Å². The van der Waals surface area contributed by atoms with E-state index in [0.29, 0.717) is 30.0 Å². The summed E-state index contributed by atoms with van der Waals surface area (Å²) in [5.41, 5.74) is 2.41. The number of carbonyl (C=O) groups is 1. The van der Waals surface area contributed by atoms with Crippen LogP contribution in [0.4, 0.5) is 0 Å². The van der Waals surface area contributed by atoms with E-state index in [9.17, 15) is 4.79 Å². The quantitative estimate of drug-likeness (QED) is 0.697. The van der Waals surface area contributed by atoms with Crippen molar-refractivity contribution in [3.05, 3.63) is 23.0 Å². The fourth-order valence-corrected chi connectivity index (χ4v) is 5.53. The van der Waals surface area contributed by atoms with Gasteiger partial charge in [0.25, 0.3) is 0 Å². The summed E-state index contributed by atoms with van der Waals surface area (Å²) in [5, 5.41) is 0. The number of Topliss-reactive ketones (excluding diaryl/α,β-unsaturated/α-hetero) is 1. The Kier molecular flexibility index (Phi) is 4.67. The normalized spacial score (nSPS) is 44.0. The second-order valence-electron chi connectivity index (χ2n) is 8.80. The molecule has 5 atom stereocenters. The van der Waals surface area contributed by atoms with E-state index in [1.54, 1.807) is 7.11 Å². The van der Waals surface area contributed by atoms with Gasteiger partial charge >= 0.3 is 0 Å². The van der Waals surface area contributed by atoms with E-state index < -0.39 is 0 Å². The number of methoxy groups -OCH3 is 2. The Hall–Kier alpha value is -1.09. The second kappa shape index (κ2) is 6.33. The number of hydrogen-bond acceptors (Lipinski definition) is 3. The number of rotatable bonds is 2. The average Bonchev–Trinajstić information content (AvgIpc) is 2.93. The first-order chi connectivity index (χ1) is 11.3. The third kappa shape index (κ3) is 2.75. The zero-order valence-electron chi connectivity index (χ0n) is 16.0. The summed E-state index contributed by atoms with van der Waals surface area (Å²) in [6.45, 7) is 8.95. The SMILES string of the molecule is CO/C1=C2/C(=O)CC(C)(C)[C@@H]2C/C=C(\C)C[C@@H]2[C@@H](OC)[C@H](C)C[C@H]12. The molecule has 0 unspecified atom stereocenters. The molecule has 24 heavy (non-hydrogen) atoms. The molecular weight excluding hydrogens is 300 g/mol. The summed E-state index contributed by atoms with van der Waals surface area (Å²) in [4.78, 5) is 12.9. The van der Waals surface area contributed by atoms with Gasteiger partial charge in [0.05, 0.1) is 13.2 Å². The Morgan fingerprint density at radius 3 is 2.58 bits per heavy atom. The van der Waals surface area contributed by atoms with Crippen molar-refractivity contribution in [2.75, 3.05) is 14.2 Å². The number of ketones is 1. The molecule has 0 aliphatic heterocycles. The van der Waals surface area contributed by atoms with E-state index in [-0.39, 0.29) is 17.4 Å². The summed E-state index contributed by atoms with van der Waals surface area (Å²) >= 11 is 0. The van der Waals surface area contributed by atoms with E-state index in [1.807, 2.05) is 7.11 Å². The van der Waals surface area contributed by atoms with Crippen molar-refractivity contribution in [3.8, 4) is 0 Å². The van der Waals surface area contributed by atoms with Gasteiger partial charge in [0.2, 0.25) is 0 Å². The number of fused-ring (bicyclic) bond motifs is 2. The molecule has 0 spiro atoms. The van der Waals surface area contributed by atoms with Crippen LogP contribution in [0.1, 0.15) is 53.4 Å². The van der Waals surface area contributed by atoms with Crippen LogP contribution >= 0.6 is 0 Å². The van der Waals surface area contributed by atoms with E-state index in [1.165, 1.54) is 5.57 Å². The molecule has 0 aromatic rings. The third-order valence-corrected chi connectivity index (χ3v) is 6.69. The molecule has 0 aromatic heterocycles. The lowest BCUT2D eigenvalue weighted by Gasteiger charge is -2.28. The van der Waals surface area contributed by atoms with Crippen molar-refractivity contribution < 1.29 is 14.3 Å². The molecule has 3 aliphatic rings. The molecule has 0 amide bonds. The van der Waals surface area contributed by atoms with Crippen LogP contribution < -0.4 is 0 Å². The molecular formula is C21H32O3. The standard InChI is InChI=1S/C21H32O3/c1-12-7-8-16-18(17(22)11-21(16,3)4)20(24-6)15-10-13(2)19(23-5)14(15)9-12/h7,13-16,19H,8-11H2,1-6H3/b12-7+,20-18+/t13-,14+,15+,16-,19+/m1/s1. The topological polar surface area (TPSA) is 35.5 Å². The molecule has 3 rings (SSSR count). The lowest BCUT2D eigenvalue weighted by Crippen LogP contribution is -2.26. The lowest BCUT2D eigenvalue weighted by atomic mass is 9.77. The summed E-state index contributed by atoms with van der Waals surface area (Å²) in [6.07, 6.45) is 6.26. The van der Waals surface area contributed by atoms with Crippen molar-refractivity contribution in [1.29, 1.82) is 0 Å². The largest absolute Gasteiger partial charge is 0.500 e. The van der Waals surface area contributed by atoms with Gasteiger partial charge in [0.1, 0.15) is 5.76 Å². The number of ether oxygens (including phenoxy) is 2. The third-order valence-electron chi connectivity index (χ3n) is 6.69. The molecule has 3 nitrogen and oxygen atoms in total. The zero-order valence-corrected chi connectivity index (χ0v) is 16.0. The minimum atomic E-state index is 0.0116. The van der Waals surface area contributed by atoms with E-state index >= 15 is 0 Å². The minimum absolute atomic E-state index is 0.0116. The highest BCUT2D eigenvalue weighted by Gasteiger charge is 2.50. The van der Waals surface area contributed by atoms with Gasteiger partial charge < -0.3 is 9.47 Å². The Labute approximate surface area is 146 Å². The summed E-state index contributed by atoms with van der Waals surface area (Å²) in [5.74, 6) is 2.72. The maximum atomic E-state index is 12.9.